The number of para-hydroxylation sites is 1. The lowest BCUT2D eigenvalue weighted by atomic mass is 10.1. The van der Waals surface area contributed by atoms with Crippen LogP contribution in [0.5, 0.6) is 0 Å². The van der Waals surface area contributed by atoms with Crippen LogP contribution in [0.2, 0.25) is 5.02 Å². The summed E-state index contributed by atoms with van der Waals surface area (Å²) in [6.07, 6.45) is 2.54. The third-order valence-corrected chi connectivity index (χ3v) is 3.52. The first-order chi connectivity index (χ1) is 10.1. The summed E-state index contributed by atoms with van der Waals surface area (Å²) >= 11 is 6.06. The van der Waals surface area contributed by atoms with Crippen molar-refractivity contribution >= 4 is 40.9 Å². The fraction of sp³-hybridized carbons (Fsp3) is 0. The number of hydrogen-bond donors (Lipinski definition) is 1. The maximum absolute atomic E-state index is 12.8. The Hall–Kier alpha value is -2.19. The van der Waals surface area contributed by atoms with Gasteiger partial charge >= 0.3 is 5.97 Å². The molecule has 0 bridgehead atoms. The Morgan fingerprint density at radius 3 is 2.90 bits per heavy atom. The zero-order valence-electron chi connectivity index (χ0n) is 10.2. The number of carbonyl (C=O) groups is 1. The van der Waals surface area contributed by atoms with Crippen LogP contribution >= 0.6 is 23.9 Å². The highest BCUT2D eigenvalue weighted by Gasteiger charge is 2.16. The molecule has 0 aliphatic carbocycles. The van der Waals surface area contributed by atoms with E-state index < -0.39 is 5.97 Å². The van der Waals surface area contributed by atoms with Crippen molar-refractivity contribution < 1.29 is 13.8 Å². The van der Waals surface area contributed by atoms with Crippen LogP contribution < -0.4 is 0 Å². The van der Waals surface area contributed by atoms with E-state index in [0.717, 1.165) is 0 Å². The van der Waals surface area contributed by atoms with Crippen molar-refractivity contribution in [1.82, 2.24) is 18.9 Å². The first-order valence-electron chi connectivity index (χ1n) is 5.63. The standard InChI is InChI=1S/C12H6ClFN4O2S/c13-7-4-15-11(12(19)20)17-9(7)6-2-1-3-8-10(6)16-5-18(8)21-14/h1-5H,(H,19,20). The maximum Gasteiger partial charge on any atom is 0.373 e. The van der Waals surface area contributed by atoms with Gasteiger partial charge in [0.2, 0.25) is 5.82 Å². The number of aromatic nitrogens is 4. The number of hydrogen-bond acceptors (Lipinski definition) is 5. The minimum atomic E-state index is -1.26. The van der Waals surface area contributed by atoms with Crippen LogP contribution in [0.15, 0.2) is 30.7 Å². The molecule has 106 valence electrons. The number of halogens is 2. The lowest BCUT2D eigenvalue weighted by Gasteiger charge is -2.05. The van der Waals surface area contributed by atoms with Gasteiger partial charge in [0.15, 0.2) is 12.3 Å². The number of fused-ring (bicyclic) bond motifs is 1. The second-order valence-corrected chi connectivity index (χ2v) is 4.95. The van der Waals surface area contributed by atoms with Crippen molar-refractivity contribution in [2.45, 2.75) is 0 Å². The molecule has 6 nitrogen and oxygen atoms in total. The average molecular weight is 325 g/mol. The predicted octanol–water partition coefficient (Wildman–Crippen LogP) is 3.23. The van der Waals surface area contributed by atoms with Crippen LogP contribution in [0.4, 0.5) is 3.89 Å². The summed E-state index contributed by atoms with van der Waals surface area (Å²) in [6, 6.07) is 5.05. The first kappa shape index (κ1) is 13.8. The molecule has 3 aromatic rings. The molecule has 0 unspecified atom stereocenters. The number of imidazole rings is 1. The molecular formula is C12H6ClFN4O2S. The molecule has 0 spiro atoms. The second kappa shape index (κ2) is 5.30. The molecule has 2 heterocycles. The van der Waals surface area contributed by atoms with Gasteiger partial charge in [-0.2, -0.15) is 0 Å². The summed E-state index contributed by atoms with van der Waals surface area (Å²) in [4.78, 5) is 22.7. The molecule has 0 aliphatic rings. The fourth-order valence-electron chi connectivity index (χ4n) is 1.92. The normalized spacial score (nSPS) is 11.0. The second-order valence-electron chi connectivity index (χ2n) is 4.01. The highest BCUT2D eigenvalue weighted by molar-refractivity contribution is 7.92. The molecule has 0 atom stereocenters. The topological polar surface area (TPSA) is 80.9 Å². The van der Waals surface area contributed by atoms with E-state index in [4.69, 9.17) is 16.7 Å². The minimum absolute atomic E-state index is 0.0154. The van der Waals surface area contributed by atoms with E-state index in [-0.39, 0.29) is 28.9 Å². The van der Waals surface area contributed by atoms with Crippen LogP contribution in [0, 0.1) is 0 Å². The van der Waals surface area contributed by atoms with E-state index in [2.05, 4.69) is 15.0 Å². The molecule has 0 amide bonds. The third kappa shape index (κ3) is 2.32. The molecule has 9 heteroatoms. The Kier molecular flexibility index (Phi) is 3.48. The molecule has 21 heavy (non-hydrogen) atoms. The van der Waals surface area contributed by atoms with Crippen LogP contribution in [-0.2, 0) is 0 Å². The number of benzene rings is 1. The number of rotatable bonds is 3. The van der Waals surface area contributed by atoms with Gasteiger partial charge in [0.25, 0.3) is 0 Å². The summed E-state index contributed by atoms with van der Waals surface area (Å²) in [5, 5.41) is 9.15. The average Bonchev–Trinajstić information content (AvgIpc) is 2.90. The van der Waals surface area contributed by atoms with E-state index in [1.165, 1.54) is 16.5 Å². The molecule has 0 saturated carbocycles. The molecular weight excluding hydrogens is 319 g/mol. The van der Waals surface area contributed by atoms with Gasteiger partial charge < -0.3 is 5.11 Å². The number of carboxylic acid groups (broad SMARTS) is 1. The van der Waals surface area contributed by atoms with E-state index >= 15 is 0 Å². The largest absolute Gasteiger partial charge is 0.475 e. The molecule has 0 radical (unpaired) electrons. The summed E-state index contributed by atoms with van der Waals surface area (Å²) in [5.41, 5.74) is 1.75. The summed E-state index contributed by atoms with van der Waals surface area (Å²) in [6.45, 7) is 0. The molecule has 1 aromatic carbocycles. The number of aromatic carboxylic acids is 1. The van der Waals surface area contributed by atoms with Crippen LogP contribution in [-0.4, -0.2) is 30.0 Å². The Labute approximate surface area is 127 Å². The van der Waals surface area contributed by atoms with Crippen molar-refractivity contribution in [3.8, 4) is 11.3 Å². The molecule has 1 N–H and O–H groups in total. The summed E-state index contributed by atoms with van der Waals surface area (Å²) < 4.78 is 14.0. The van der Waals surface area contributed by atoms with Gasteiger partial charge in [0, 0.05) is 5.56 Å². The first-order valence-corrected chi connectivity index (χ1v) is 6.68. The van der Waals surface area contributed by atoms with Crippen molar-refractivity contribution in [2.75, 3.05) is 0 Å². The Bertz CT molecular complexity index is 854. The zero-order valence-corrected chi connectivity index (χ0v) is 11.8. The molecule has 0 saturated heterocycles. The van der Waals surface area contributed by atoms with E-state index in [1.54, 1.807) is 18.2 Å². The van der Waals surface area contributed by atoms with Gasteiger partial charge in [-0.1, -0.05) is 23.7 Å². The lowest BCUT2D eigenvalue weighted by molar-refractivity contribution is 0.0683. The van der Waals surface area contributed by atoms with Gasteiger partial charge in [0.05, 0.1) is 27.9 Å². The van der Waals surface area contributed by atoms with Gasteiger partial charge in [-0.25, -0.2) is 23.7 Å². The summed E-state index contributed by atoms with van der Waals surface area (Å²) in [5.74, 6) is -1.63. The molecule has 0 aliphatic heterocycles. The molecule has 2 aromatic heterocycles. The molecule has 3 rings (SSSR count). The van der Waals surface area contributed by atoms with Crippen molar-refractivity contribution in [2.24, 2.45) is 0 Å². The Morgan fingerprint density at radius 1 is 1.38 bits per heavy atom. The fourth-order valence-corrected chi connectivity index (χ4v) is 2.42. The molecule has 0 fully saturated rings. The van der Waals surface area contributed by atoms with Crippen LogP contribution in [0.1, 0.15) is 10.6 Å². The number of nitrogens with zero attached hydrogens (tertiary/aromatic N) is 4. The highest BCUT2D eigenvalue weighted by atomic mass is 35.5. The SMILES string of the molecule is O=C(O)c1ncc(Cl)c(-c2cccc3c2ncn3SF)n1. The Balaban J connectivity index is 2.27. The monoisotopic (exact) mass is 324 g/mol. The van der Waals surface area contributed by atoms with Crippen LogP contribution in [0.3, 0.4) is 0 Å². The summed E-state index contributed by atoms with van der Waals surface area (Å²) in [7, 11) is 0. The Morgan fingerprint density at radius 2 is 2.19 bits per heavy atom. The van der Waals surface area contributed by atoms with Crippen molar-refractivity contribution in [3.05, 3.63) is 41.6 Å². The van der Waals surface area contributed by atoms with Gasteiger partial charge in [0.1, 0.15) is 6.33 Å². The number of carboxylic acids is 1. The smallest absolute Gasteiger partial charge is 0.373 e. The van der Waals surface area contributed by atoms with Gasteiger partial charge in [-0.3, -0.25) is 0 Å². The lowest BCUT2D eigenvalue weighted by Crippen LogP contribution is -2.05. The van der Waals surface area contributed by atoms with Crippen molar-refractivity contribution in [1.29, 1.82) is 0 Å². The van der Waals surface area contributed by atoms with E-state index in [1.807, 2.05) is 0 Å². The maximum atomic E-state index is 12.8. The van der Waals surface area contributed by atoms with Crippen LogP contribution in [0.25, 0.3) is 22.3 Å². The third-order valence-electron chi connectivity index (χ3n) is 2.81. The zero-order chi connectivity index (χ0) is 15.0. The van der Waals surface area contributed by atoms with E-state index in [9.17, 15) is 8.68 Å². The van der Waals surface area contributed by atoms with Gasteiger partial charge in [-0.15, -0.1) is 3.89 Å². The quantitative estimate of drug-likeness (QED) is 0.796. The van der Waals surface area contributed by atoms with E-state index in [0.29, 0.717) is 16.6 Å². The predicted molar refractivity (Wildman–Crippen MR) is 76.8 cm³/mol. The van der Waals surface area contributed by atoms with Crippen molar-refractivity contribution in [3.63, 3.8) is 0 Å². The minimum Gasteiger partial charge on any atom is -0.475 e. The van der Waals surface area contributed by atoms with Gasteiger partial charge in [-0.05, 0) is 6.07 Å². The highest BCUT2D eigenvalue weighted by Crippen LogP contribution is 2.32.